The van der Waals surface area contributed by atoms with E-state index in [-0.39, 0.29) is 17.1 Å². The highest BCUT2D eigenvalue weighted by molar-refractivity contribution is 7.10. The Bertz CT molecular complexity index is 315. The lowest BCUT2D eigenvalue weighted by atomic mass is 10.1. The second kappa shape index (κ2) is 3.29. The van der Waals surface area contributed by atoms with Crippen LogP contribution in [0.25, 0.3) is 0 Å². The number of nitrogens with two attached hydrogens (primary N) is 1. The topological polar surface area (TPSA) is 80.9 Å². The summed E-state index contributed by atoms with van der Waals surface area (Å²) < 4.78 is 3.58. The van der Waals surface area contributed by atoms with Crippen LogP contribution in [-0.4, -0.2) is 21.0 Å². The molecule has 0 atom stereocenters. The summed E-state index contributed by atoms with van der Waals surface area (Å²) in [6, 6.07) is 0. The Morgan fingerprint density at radius 1 is 1.54 bits per heavy atom. The molecule has 1 aromatic heterocycles. The van der Waals surface area contributed by atoms with Crippen molar-refractivity contribution >= 4 is 22.4 Å². The van der Waals surface area contributed by atoms with Gasteiger partial charge >= 0.3 is 0 Å². The second-order valence-corrected chi connectivity index (χ2v) is 4.48. The smallest absolute Gasteiger partial charge is 0.275 e. The van der Waals surface area contributed by atoms with Gasteiger partial charge in [0.15, 0.2) is 5.69 Å². The predicted octanol–water partition coefficient (Wildman–Crippen LogP) is 0.649. The Hall–Kier alpha value is -1.17. The maximum absolute atomic E-state index is 11.5. The van der Waals surface area contributed by atoms with E-state index in [2.05, 4.69) is 14.9 Å². The highest BCUT2D eigenvalue weighted by Crippen LogP contribution is 2.13. The third-order valence-electron chi connectivity index (χ3n) is 1.22. The fraction of sp³-hybridized carbons (Fsp3) is 0.571. The molecule has 1 amide bonds. The number of nitrogens with zero attached hydrogens (tertiary/aromatic N) is 2. The van der Waals surface area contributed by atoms with Crippen LogP contribution in [0, 0.1) is 0 Å². The van der Waals surface area contributed by atoms with E-state index in [4.69, 9.17) is 5.73 Å². The largest absolute Gasteiger partial charge is 0.387 e. The number of nitrogens with one attached hydrogen (secondary N) is 1. The van der Waals surface area contributed by atoms with Crippen molar-refractivity contribution in [3.05, 3.63) is 5.69 Å². The highest BCUT2D eigenvalue weighted by Gasteiger charge is 2.19. The summed E-state index contributed by atoms with van der Waals surface area (Å²) in [6.45, 7) is 5.67. The molecule has 3 N–H and O–H groups in total. The van der Waals surface area contributed by atoms with E-state index >= 15 is 0 Å². The van der Waals surface area contributed by atoms with E-state index in [1.54, 1.807) is 0 Å². The summed E-state index contributed by atoms with van der Waals surface area (Å²) >= 11 is 1.01. The fourth-order valence-electron chi connectivity index (χ4n) is 0.755. The molecule has 13 heavy (non-hydrogen) atoms. The van der Waals surface area contributed by atoms with Gasteiger partial charge in [-0.25, -0.2) is 0 Å². The van der Waals surface area contributed by atoms with Crippen molar-refractivity contribution in [3.63, 3.8) is 0 Å². The van der Waals surface area contributed by atoms with E-state index < -0.39 is 0 Å². The Labute approximate surface area is 80.5 Å². The summed E-state index contributed by atoms with van der Waals surface area (Å²) in [6.07, 6.45) is 0. The molecule has 6 heteroatoms. The number of nitrogen functional groups attached to an aromatic ring is 1. The van der Waals surface area contributed by atoms with E-state index in [1.165, 1.54) is 0 Å². The van der Waals surface area contributed by atoms with Gasteiger partial charge in [-0.15, -0.1) is 5.10 Å². The molecule has 0 aliphatic heterocycles. The standard InChI is InChI=1S/C7H12N4OS/c1-7(2,3)9-6(12)4-5(8)13-11-10-4/h8H2,1-3H3,(H,9,12). The lowest BCUT2D eigenvalue weighted by Gasteiger charge is -2.19. The zero-order valence-electron chi connectivity index (χ0n) is 7.79. The van der Waals surface area contributed by atoms with Crippen LogP contribution >= 0.6 is 11.5 Å². The number of hydrogen-bond donors (Lipinski definition) is 2. The summed E-state index contributed by atoms with van der Waals surface area (Å²) in [4.78, 5) is 11.5. The molecule has 1 rings (SSSR count). The molecule has 72 valence electrons. The van der Waals surface area contributed by atoms with Crippen LogP contribution in [0.15, 0.2) is 0 Å². The molecule has 0 fully saturated rings. The van der Waals surface area contributed by atoms with Crippen LogP contribution in [0.5, 0.6) is 0 Å². The van der Waals surface area contributed by atoms with Crippen molar-refractivity contribution in [2.45, 2.75) is 26.3 Å². The van der Waals surface area contributed by atoms with Gasteiger partial charge < -0.3 is 11.1 Å². The Kier molecular flexibility index (Phi) is 2.51. The zero-order chi connectivity index (χ0) is 10.1. The van der Waals surface area contributed by atoms with Crippen LogP contribution in [0.3, 0.4) is 0 Å². The zero-order valence-corrected chi connectivity index (χ0v) is 8.60. The van der Waals surface area contributed by atoms with E-state index in [1.807, 2.05) is 20.8 Å². The summed E-state index contributed by atoms with van der Waals surface area (Å²) in [5.41, 5.74) is 5.42. The Balaban J connectivity index is 2.76. The molecule has 0 unspecified atom stereocenters. The first-order valence-electron chi connectivity index (χ1n) is 3.80. The van der Waals surface area contributed by atoms with Crippen molar-refractivity contribution in [3.8, 4) is 0 Å². The minimum atomic E-state index is -0.285. The van der Waals surface area contributed by atoms with Gasteiger partial charge in [-0.1, -0.05) is 4.49 Å². The molecule has 0 radical (unpaired) electrons. The molecule has 0 aromatic carbocycles. The van der Waals surface area contributed by atoms with Crippen molar-refractivity contribution in [2.75, 3.05) is 5.73 Å². The summed E-state index contributed by atoms with van der Waals surface area (Å²) in [5, 5.41) is 6.73. The van der Waals surface area contributed by atoms with Gasteiger partial charge in [0.2, 0.25) is 0 Å². The molecular formula is C7H12N4OS. The van der Waals surface area contributed by atoms with E-state index in [9.17, 15) is 4.79 Å². The Morgan fingerprint density at radius 3 is 2.54 bits per heavy atom. The first-order valence-corrected chi connectivity index (χ1v) is 4.58. The maximum atomic E-state index is 11.5. The first-order chi connectivity index (χ1) is 5.90. The van der Waals surface area contributed by atoms with Gasteiger partial charge in [-0.2, -0.15) is 0 Å². The molecule has 0 saturated carbocycles. The number of carbonyl (C=O) groups is 1. The van der Waals surface area contributed by atoms with Crippen LogP contribution in [0.2, 0.25) is 0 Å². The van der Waals surface area contributed by atoms with Crippen molar-refractivity contribution in [1.29, 1.82) is 0 Å². The third-order valence-corrected chi connectivity index (χ3v) is 1.77. The number of rotatable bonds is 1. The summed E-state index contributed by atoms with van der Waals surface area (Å²) in [7, 11) is 0. The first kappa shape index (κ1) is 9.91. The second-order valence-electron chi connectivity index (χ2n) is 3.69. The number of carbonyl (C=O) groups excluding carboxylic acids is 1. The normalized spacial score (nSPS) is 11.3. The van der Waals surface area contributed by atoms with Crippen LogP contribution < -0.4 is 11.1 Å². The van der Waals surface area contributed by atoms with Gasteiger partial charge in [0.1, 0.15) is 5.00 Å². The molecule has 0 aliphatic rings. The lowest BCUT2D eigenvalue weighted by Crippen LogP contribution is -2.40. The predicted molar refractivity (Wildman–Crippen MR) is 51.5 cm³/mol. The maximum Gasteiger partial charge on any atom is 0.275 e. The minimum Gasteiger partial charge on any atom is -0.387 e. The number of aromatic nitrogens is 2. The number of anilines is 1. The van der Waals surface area contributed by atoms with Gasteiger partial charge in [-0.05, 0) is 20.8 Å². The van der Waals surface area contributed by atoms with Crippen LogP contribution in [0.4, 0.5) is 5.00 Å². The lowest BCUT2D eigenvalue weighted by molar-refractivity contribution is 0.0915. The monoisotopic (exact) mass is 200 g/mol. The van der Waals surface area contributed by atoms with Crippen LogP contribution in [-0.2, 0) is 0 Å². The van der Waals surface area contributed by atoms with Crippen molar-refractivity contribution < 1.29 is 4.79 Å². The van der Waals surface area contributed by atoms with Gasteiger partial charge in [0, 0.05) is 17.1 Å². The van der Waals surface area contributed by atoms with E-state index in [0.29, 0.717) is 5.00 Å². The molecule has 0 aliphatic carbocycles. The average molecular weight is 200 g/mol. The minimum absolute atomic E-state index is 0.208. The van der Waals surface area contributed by atoms with Gasteiger partial charge in [0.25, 0.3) is 5.91 Å². The summed E-state index contributed by atoms with van der Waals surface area (Å²) in [5.74, 6) is -0.279. The molecule has 0 saturated heterocycles. The highest BCUT2D eigenvalue weighted by atomic mass is 32.1. The molecule has 0 bridgehead atoms. The van der Waals surface area contributed by atoms with Gasteiger partial charge in [-0.3, -0.25) is 4.79 Å². The molecule has 1 heterocycles. The van der Waals surface area contributed by atoms with Crippen molar-refractivity contribution in [1.82, 2.24) is 14.9 Å². The van der Waals surface area contributed by atoms with Crippen molar-refractivity contribution in [2.24, 2.45) is 0 Å². The third kappa shape index (κ3) is 2.66. The molecular weight excluding hydrogens is 188 g/mol. The van der Waals surface area contributed by atoms with Crippen LogP contribution in [0.1, 0.15) is 31.3 Å². The van der Waals surface area contributed by atoms with E-state index in [0.717, 1.165) is 11.5 Å². The SMILES string of the molecule is CC(C)(C)NC(=O)c1nnsc1N. The molecule has 5 nitrogen and oxygen atoms in total. The number of amides is 1. The fourth-order valence-corrected chi connectivity index (χ4v) is 1.19. The Morgan fingerprint density at radius 2 is 2.15 bits per heavy atom. The van der Waals surface area contributed by atoms with Gasteiger partial charge in [0.05, 0.1) is 0 Å². The molecule has 1 aromatic rings. The number of hydrogen-bond acceptors (Lipinski definition) is 5. The molecule has 0 spiro atoms. The average Bonchev–Trinajstić information content (AvgIpc) is 2.30. The quantitative estimate of drug-likeness (QED) is 0.697.